The van der Waals surface area contributed by atoms with Crippen molar-refractivity contribution in [3.8, 4) is 5.75 Å². The highest BCUT2D eigenvalue weighted by molar-refractivity contribution is 6.46. The lowest BCUT2D eigenvalue weighted by Crippen LogP contribution is -2.29. The molecule has 0 spiro atoms. The molecule has 1 fully saturated rings. The molecule has 8 heteroatoms. The molecule has 1 aromatic carbocycles. The fourth-order valence-electron chi connectivity index (χ4n) is 4.12. The topological polar surface area (TPSA) is 97.5 Å². The number of aliphatic hydroxyl groups is 1. The predicted octanol–water partition coefficient (Wildman–Crippen LogP) is 3.06. The van der Waals surface area contributed by atoms with E-state index in [0.29, 0.717) is 28.3 Å². The van der Waals surface area contributed by atoms with Crippen molar-refractivity contribution in [1.29, 1.82) is 0 Å². The molecule has 0 bridgehead atoms. The van der Waals surface area contributed by atoms with Crippen LogP contribution in [0.15, 0.2) is 54.4 Å². The zero-order chi connectivity index (χ0) is 23.0. The number of carbonyl (C=O) groups excluding carboxylic acids is 2. The maximum Gasteiger partial charge on any atom is 0.295 e. The first-order chi connectivity index (χ1) is 15.3. The lowest BCUT2D eigenvalue weighted by Gasteiger charge is -2.25. The third-order valence-electron chi connectivity index (χ3n) is 5.79. The first-order valence-electron chi connectivity index (χ1n) is 10.1. The summed E-state index contributed by atoms with van der Waals surface area (Å²) >= 11 is 0. The molecule has 4 rings (SSSR count). The van der Waals surface area contributed by atoms with Crippen molar-refractivity contribution in [2.45, 2.75) is 26.4 Å². The summed E-state index contributed by atoms with van der Waals surface area (Å²) in [6, 6.07) is 9.97. The first-order valence-corrected chi connectivity index (χ1v) is 10.1. The number of pyridine rings is 1. The van der Waals surface area contributed by atoms with Gasteiger partial charge >= 0.3 is 0 Å². The number of benzene rings is 1. The van der Waals surface area contributed by atoms with Crippen LogP contribution in [0.4, 0.5) is 0 Å². The second-order valence-electron chi connectivity index (χ2n) is 7.73. The Labute approximate surface area is 185 Å². The zero-order valence-electron chi connectivity index (χ0n) is 18.4. The normalized spacial score (nSPS) is 17.8. The number of hydrogen-bond acceptors (Lipinski definition) is 6. The molecule has 1 N–H and O–H groups in total. The van der Waals surface area contributed by atoms with E-state index < -0.39 is 17.7 Å². The summed E-state index contributed by atoms with van der Waals surface area (Å²) in [5, 5.41) is 15.6. The Kier molecular flexibility index (Phi) is 5.52. The number of aromatic nitrogens is 3. The molecule has 1 aliphatic heterocycles. The van der Waals surface area contributed by atoms with Crippen molar-refractivity contribution in [3.63, 3.8) is 0 Å². The SMILES string of the molecule is COc1ccc([C@@H]2C(=C(O)c3c(C)nn(C)c3C)C(=O)C(=O)N2Cc2cccnc2)cc1. The van der Waals surface area contributed by atoms with E-state index in [1.807, 2.05) is 13.0 Å². The number of nitrogens with zero attached hydrogens (tertiary/aromatic N) is 4. The smallest absolute Gasteiger partial charge is 0.295 e. The molecule has 1 amide bonds. The van der Waals surface area contributed by atoms with Gasteiger partial charge in [0.05, 0.1) is 30.0 Å². The van der Waals surface area contributed by atoms with E-state index in [2.05, 4.69) is 10.1 Å². The van der Waals surface area contributed by atoms with Gasteiger partial charge in [0.1, 0.15) is 11.5 Å². The van der Waals surface area contributed by atoms with Crippen LogP contribution in [-0.2, 0) is 23.2 Å². The van der Waals surface area contributed by atoms with Gasteiger partial charge in [0.15, 0.2) is 0 Å². The average molecular weight is 432 g/mol. The molecule has 3 aromatic rings. The van der Waals surface area contributed by atoms with E-state index in [4.69, 9.17) is 4.74 Å². The highest BCUT2D eigenvalue weighted by Crippen LogP contribution is 2.41. The molecule has 1 atom stereocenters. The molecule has 3 heterocycles. The number of rotatable bonds is 5. The maximum absolute atomic E-state index is 13.2. The molecule has 0 saturated carbocycles. The number of amides is 1. The Morgan fingerprint density at radius 3 is 2.44 bits per heavy atom. The fourth-order valence-corrected chi connectivity index (χ4v) is 4.12. The van der Waals surface area contributed by atoms with Crippen molar-refractivity contribution < 1.29 is 19.4 Å². The number of ketones is 1. The Balaban J connectivity index is 1.90. The predicted molar refractivity (Wildman–Crippen MR) is 118 cm³/mol. The van der Waals surface area contributed by atoms with Crippen LogP contribution in [0.25, 0.3) is 5.76 Å². The molecule has 0 radical (unpaired) electrons. The van der Waals surface area contributed by atoms with Gasteiger partial charge < -0.3 is 14.7 Å². The summed E-state index contributed by atoms with van der Waals surface area (Å²) in [4.78, 5) is 31.9. The minimum Gasteiger partial charge on any atom is -0.507 e. The number of aryl methyl sites for hydroxylation is 2. The quantitative estimate of drug-likeness (QED) is 0.378. The Morgan fingerprint density at radius 2 is 1.88 bits per heavy atom. The molecule has 8 nitrogen and oxygen atoms in total. The highest BCUT2D eigenvalue weighted by atomic mass is 16.5. The van der Waals surface area contributed by atoms with Gasteiger partial charge in [-0.15, -0.1) is 0 Å². The van der Waals surface area contributed by atoms with Gasteiger partial charge in [-0.2, -0.15) is 5.10 Å². The van der Waals surface area contributed by atoms with E-state index in [1.54, 1.807) is 68.5 Å². The number of Topliss-reactive ketones (excluding diaryl/α,β-unsaturated/α-hetero) is 1. The number of methoxy groups -OCH3 is 1. The number of likely N-dealkylation sites (tertiary alicyclic amines) is 1. The number of ether oxygens (including phenoxy) is 1. The van der Waals surface area contributed by atoms with E-state index in [9.17, 15) is 14.7 Å². The van der Waals surface area contributed by atoms with Crippen LogP contribution in [0, 0.1) is 13.8 Å². The van der Waals surface area contributed by atoms with Crippen LogP contribution in [-0.4, -0.2) is 43.6 Å². The van der Waals surface area contributed by atoms with E-state index in [0.717, 1.165) is 5.56 Å². The van der Waals surface area contributed by atoms with E-state index >= 15 is 0 Å². The number of hydrogen-bond donors (Lipinski definition) is 1. The lowest BCUT2D eigenvalue weighted by atomic mass is 9.94. The Morgan fingerprint density at radius 1 is 1.16 bits per heavy atom. The van der Waals surface area contributed by atoms with Crippen molar-refractivity contribution in [2.75, 3.05) is 7.11 Å². The summed E-state index contributed by atoms with van der Waals surface area (Å²) in [5.41, 5.74) is 3.26. The molecule has 1 aliphatic rings. The molecule has 0 aliphatic carbocycles. The number of aliphatic hydroxyl groups excluding tert-OH is 1. The van der Waals surface area contributed by atoms with E-state index in [1.165, 1.54) is 4.90 Å². The molecule has 0 unspecified atom stereocenters. The summed E-state index contributed by atoms with van der Waals surface area (Å²) in [6.45, 7) is 3.75. The monoisotopic (exact) mass is 432 g/mol. The van der Waals surface area contributed by atoms with Crippen LogP contribution in [0.2, 0.25) is 0 Å². The summed E-state index contributed by atoms with van der Waals surface area (Å²) in [6.07, 6.45) is 3.30. The molecular weight excluding hydrogens is 408 g/mol. The molecular formula is C24H24N4O4. The van der Waals surface area contributed by atoms with Gasteiger partial charge in [-0.05, 0) is 43.2 Å². The third-order valence-corrected chi connectivity index (χ3v) is 5.79. The molecule has 32 heavy (non-hydrogen) atoms. The fraction of sp³-hybridized carbons (Fsp3) is 0.250. The average Bonchev–Trinajstić information content (AvgIpc) is 3.20. The van der Waals surface area contributed by atoms with Crippen LogP contribution < -0.4 is 4.74 Å². The third kappa shape index (κ3) is 3.53. The largest absolute Gasteiger partial charge is 0.507 e. The van der Waals surface area contributed by atoms with Crippen LogP contribution in [0.1, 0.15) is 34.1 Å². The second kappa shape index (κ2) is 8.30. The lowest BCUT2D eigenvalue weighted by molar-refractivity contribution is -0.140. The van der Waals surface area contributed by atoms with Crippen molar-refractivity contribution in [1.82, 2.24) is 19.7 Å². The summed E-state index contributed by atoms with van der Waals surface area (Å²) in [5.74, 6) is -0.969. The number of carbonyl (C=O) groups is 2. The molecule has 1 saturated heterocycles. The first kappa shape index (κ1) is 21.3. The van der Waals surface area contributed by atoms with Gasteiger partial charge in [0.25, 0.3) is 11.7 Å². The van der Waals surface area contributed by atoms with Crippen LogP contribution in [0.5, 0.6) is 5.75 Å². The highest BCUT2D eigenvalue weighted by Gasteiger charge is 2.46. The van der Waals surface area contributed by atoms with Gasteiger partial charge in [-0.3, -0.25) is 19.3 Å². The zero-order valence-corrected chi connectivity index (χ0v) is 18.4. The van der Waals surface area contributed by atoms with Crippen LogP contribution in [0.3, 0.4) is 0 Å². The maximum atomic E-state index is 13.2. The van der Waals surface area contributed by atoms with Gasteiger partial charge in [0.2, 0.25) is 0 Å². The Bertz CT molecular complexity index is 1210. The minimum absolute atomic E-state index is 0.0447. The Hall–Kier alpha value is -3.94. The van der Waals surface area contributed by atoms with Gasteiger partial charge in [0, 0.05) is 31.7 Å². The van der Waals surface area contributed by atoms with Gasteiger partial charge in [-0.25, -0.2) is 0 Å². The van der Waals surface area contributed by atoms with Crippen molar-refractivity contribution >= 4 is 17.4 Å². The van der Waals surface area contributed by atoms with Crippen molar-refractivity contribution in [2.24, 2.45) is 7.05 Å². The molecule has 2 aromatic heterocycles. The summed E-state index contributed by atoms with van der Waals surface area (Å²) < 4.78 is 6.88. The summed E-state index contributed by atoms with van der Waals surface area (Å²) in [7, 11) is 3.33. The van der Waals surface area contributed by atoms with Crippen molar-refractivity contribution in [3.05, 3.63) is 82.4 Å². The van der Waals surface area contributed by atoms with Gasteiger partial charge in [-0.1, -0.05) is 18.2 Å². The minimum atomic E-state index is -0.764. The standard InChI is InChI=1S/C24H24N4O4/c1-14-19(15(2)27(3)26-14)22(29)20-21(17-7-9-18(32-4)10-8-17)28(24(31)23(20)30)13-16-6-5-11-25-12-16/h5-12,21,29H,13H2,1-4H3/t21-/m1/s1. The van der Waals surface area contributed by atoms with E-state index in [-0.39, 0.29) is 17.9 Å². The van der Waals surface area contributed by atoms with Crippen LogP contribution >= 0.6 is 0 Å². The second-order valence-corrected chi connectivity index (χ2v) is 7.73. The molecule has 164 valence electrons.